The summed E-state index contributed by atoms with van der Waals surface area (Å²) in [4.78, 5) is 11.1. The Bertz CT molecular complexity index is 368. The molecule has 88 valence electrons. The average Bonchev–Trinajstić information content (AvgIpc) is 2.21. The third-order valence-electron chi connectivity index (χ3n) is 2.43. The molecule has 0 aromatic heterocycles. The van der Waals surface area contributed by atoms with Gasteiger partial charge in [0.25, 0.3) is 0 Å². The molecule has 0 unspecified atom stereocenters. The van der Waals surface area contributed by atoms with Crippen LogP contribution in [0, 0.1) is 13.8 Å². The van der Waals surface area contributed by atoms with Crippen LogP contribution in [0.5, 0.6) is 0 Å². The Morgan fingerprint density at radius 2 is 1.88 bits per heavy atom. The molecular formula is C12H17BrN2O. The largest absolute Gasteiger partial charge is 0.384 e. The summed E-state index contributed by atoms with van der Waals surface area (Å²) in [6, 6.07) is 4.13. The minimum absolute atomic E-state index is 0.0555. The summed E-state index contributed by atoms with van der Waals surface area (Å²) in [6.07, 6.45) is 0.492. The molecule has 0 saturated carbocycles. The number of hydrogen-bond donors (Lipinski definition) is 2. The van der Waals surface area contributed by atoms with Crippen LogP contribution in [0.2, 0.25) is 0 Å². The fraction of sp³-hybridized carbons (Fsp3) is 0.417. The molecule has 16 heavy (non-hydrogen) atoms. The number of carbonyl (C=O) groups excluding carboxylic acids is 1. The maximum absolute atomic E-state index is 11.1. The van der Waals surface area contributed by atoms with Crippen molar-refractivity contribution in [3.05, 3.63) is 27.7 Å². The topological polar surface area (TPSA) is 41.1 Å². The van der Waals surface area contributed by atoms with Crippen molar-refractivity contribution in [2.75, 3.05) is 18.9 Å². The van der Waals surface area contributed by atoms with Gasteiger partial charge in [-0.3, -0.25) is 4.79 Å². The highest BCUT2D eigenvalue weighted by Gasteiger charge is 2.04. The molecule has 0 spiro atoms. The van der Waals surface area contributed by atoms with Gasteiger partial charge in [-0.15, -0.1) is 0 Å². The van der Waals surface area contributed by atoms with Gasteiger partial charge in [-0.25, -0.2) is 0 Å². The predicted octanol–water partition coefficient (Wildman–Crippen LogP) is 2.61. The van der Waals surface area contributed by atoms with Gasteiger partial charge in [0.2, 0.25) is 5.91 Å². The van der Waals surface area contributed by atoms with E-state index in [-0.39, 0.29) is 5.91 Å². The van der Waals surface area contributed by atoms with Crippen LogP contribution in [-0.4, -0.2) is 19.5 Å². The monoisotopic (exact) mass is 284 g/mol. The van der Waals surface area contributed by atoms with Gasteiger partial charge in [0.15, 0.2) is 0 Å². The van der Waals surface area contributed by atoms with Gasteiger partial charge in [0.1, 0.15) is 0 Å². The number of rotatable bonds is 4. The molecule has 2 N–H and O–H groups in total. The molecule has 0 aliphatic rings. The minimum atomic E-state index is 0.0555. The maximum atomic E-state index is 11.1. The van der Waals surface area contributed by atoms with Gasteiger partial charge in [0.05, 0.1) is 0 Å². The average molecular weight is 285 g/mol. The third-order valence-corrected chi connectivity index (χ3v) is 2.89. The van der Waals surface area contributed by atoms with E-state index in [9.17, 15) is 4.79 Å². The molecule has 1 aromatic rings. The molecule has 0 bridgehead atoms. The maximum Gasteiger partial charge on any atom is 0.221 e. The van der Waals surface area contributed by atoms with Gasteiger partial charge >= 0.3 is 0 Å². The highest BCUT2D eigenvalue weighted by molar-refractivity contribution is 9.10. The van der Waals surface area contributed by atoms with Crippen molar-refractivity contribution in [2.45, 2.75) is 20.3 Å². The first-order valence-electron chi connectivity index (χ1n) is 5.25. The molecule has 4 heteroatoms. The van der Waals surface area contributed by atoms with Crippen LogP contribution in [0.15, 0.2) is 16.6 Å². The first-order chi connectivity index (χ1) is 7.54. The smallest absolute Gasteiger partial charge is 0.221 e. The summed E-state index contributed by atoms with van der Waals surface area (Å²) in [5, 5.41) is 5.90. The third kappa shape index (κ3) is 3.52. The van der Waals surface area contributed by atoms with Crippen molar-refractivity contribution in [1.29, 1.82) is 0 Å². The van der Waals surface area contributed by atoms with Crippen molar-refractivity contribution in [1.82, 2.24) is 5.32 Å². The predicted molar refractivity (Wildman–Crippen MR) is 70.8 cm³/mol. The lowest BCUT2D eigenvalue weighted by molar-refractivity contribution is -0.120. The molecule has 1 rings (SSSR count). The Balaban J connectivity index is 2.64. The number of aryl methyl sites for hydroxylation is 2. The van der Waals surface area contributed by atoms with Crippen molar-refractivity contribution in [3.8, 4) is 0 Å². The van der Waals surface area contributed by atoms with Gasteiger partial charge in [-0.05, 0) is 37.1 Å². The van der Waals surface area contributed by atoms with E-state index in [1.54, 1.807) is 7.05 Å². The standard InChI is InChI=1S/C12H17BrN2O/c1-8-6-10(13)7-9(2)12(8)15-5-4-11(16)14-3/h6-7,15H,4-5H2,1-3H3,(H,14,16). The van der Waals surface area contributed by atoms with Crippen molar-refractivity contribution in [2.24, 2.45) is 0 Å². The number of carbonyl (C=O) groups is 1. The summed E-state index contributed by atoms with van der Waals surface area (Å²) < 4.78 is 1.08. The quantitative estimate of drug-likeness (QED) is 0.893. The number of nitrogens with one attached hydrogen (secondary N) is 2. The Kier molecular flexibility index (Phi) is 4.80. The highest BCUT2D eigenvalue weighted by atomic mass is 79.9. The molecular weight excluding hydrogens is 268 g/mol. The van der Waals surface area contributed by atoms with Crippen LogP contribution in [0.1, 0.15) is 17.5 Å². The van der Waals surface area contributed by atoms with Crippen LogP contribution >= 0.6 is 15.9 Å². The van der Waals surface area contributed by atoms with E-state index in [2.05, 4.69) is 52.5 Å². The van der Waals surface area contributed by atoms with E-state index in [1.165, 1.54) is 11.1 Å². The van der Waals surface area contributed by atoms with E-state index < -0.39 is 0 Å². The van der Waals surface area contributed by atoms with Crippen LogP contribution in [-0.2, 0) is 4.79 Å². The summed E-state index contributed by atoms with van der Waals surface area (Å²) in [6.45, 7) is 4.77. The van der Waals surface area contributed by atoms with Crippen LogP contribution in [0.3, 0.4) is 0 Å². The molecule has 0 fully saturated rings. The lowest BCUT2D eigenvalue weighted by atomic mass is 10.1. The SMILES string of the molecule is CNC(=O)CCNc1c(C)cc(Br)cc1C. The molecule has 0 aliphatic carbocycles. The minimum Gasteiger partial charge on any atom is -0.384 e. The van der Waals surface area contributed by atoms with Crippen LogP contribution in [0.4, 0.5) is 5.69 Å². The highest BCUT2D eigenvalue weighted by Crippen LogP contribution is 2.24. The first kappa shape index (κ1) is 13.0. The molecule has 0 aliphatic heterocycles. The van der Waals surface area contributed by atoms with E-state index in [1.807, 2.05) is 0 Å². The second kappa shape index (κ2) is 5.89. The molecule has 1 aromatic carbocycles. The summed E-state index contributed by atoms with van der Waals surface area (Å²) in [5.74, 6) is 0.0555. The number of halogens is 1. The normalized spacial score (nSPS) is 10.0. The number of amides is 1. The summed E-state index contributed by atoms with van der Waals surface area (Å²) >= 11 is 3.46. The lowest BCUT2D eigenvalue weighted by Gasteiger charge is -2.13. The summed E-state index contributed by atoms with van der Waals surface area (Å²) in [7, 11) is 1.65. The molecule has 0 saturated heterocycles. The van der Waals surface area contributed by atoms with Crippen LogP contribution in [0.25, 0.3) is 0 Å². The second-order valence-corrected chi connectivity index (χ2v) is 4.68. The Hall–Kier alpha value is -1.03. The van der Waals surface area contributed by atoms with Crippen molar-refractivity contribution >= 4 is 27.5 Å². The van der Waals surface area contributed by atoms with Crippen molar-refractivity contribution < 1.29 is 4.79 Å². The zero-order chi connectivity index (χ0) is 12.1. The van der Waals surface area contributed by atoms with E-state index in [0.717, 1.165) is 10.2 Å². The Labute approximate surface area is 105 Å². The first-order valence-corrected chi connectivity index (χ1v) is 6.05. The van der Waals surface area contributed by atoms with Crippen LogP contribution < -0.4 is 10.6 Å². The van der Waals surface area contributed by atoms with Gasteiger partial charge in [-0.2, -0.15) is 0 Å². The fourth-order valence-corrected chi connectivity index (χ4v) is 2.30. The zero-order valence-corrected chi connectivity index (χ0v) is 11.4. The second-order valence-electron chi connectivity index (χ2n) is 3.76. The molecule has 1 amide bonds. The molecule has 0 radical (unpaired) electrons. The van der Waals surface area contributed by atoms with Gasteiger partial charge in [0, 0.05) is 30.2 Å². The molecule has 3 nitrogen and oxygen atoms in total. The van der Waals surface area contributed by atoms with E-state index in [0.29, 0.717) is 13.0 Å². The van der Waals surface area contributed by atoms with E-state index in [4.69, 9.17) is 0 Å². The lowest BCUT2D eigenvalue weighted by Crippen LogP contribution is -2.21. The Morgan fingerprint density at radius 1 is 1.31 bits per heavy atom. The molecule has 0 atom stereocenters. The van der Waals surface area contributed by atoms with Crippen molar-refractivity contribution in [3.63, 3.8) is 0 Å². The number of hydrogen-bond acceptors (Lipinski definition) is 2. The number of benzene rings is 1. The molecule has 0 heterocycles. The summed E-state index contributed by atoms with van der Waals surface area (Å²) in [5.41, 5.74) is 3.49. The Morgan fingerprint density at radius 3 is 2.38 bits per heavy atom. The van der Waals surface area contributed by atoms with Gasteiger partial charge in [-0.1, -0.05) is 15.9 Å². The zero-order valence-electron chi connectivity index (χ0n) is 9.86. The fourth-order valence-electron chi connectivity index (χ4n) is 1.62. The number of anilines is 1. The van der Waals surface area contributed by atoms with Gasteiger partial charge < -0.3 is 10.6 Å². The van der Waals surface area contributed by atoms with E-state index >= 15 is 0 Å².